The van der Waals surface area contributed by atoms with Crippen molar-refractivity contribution in [3.05, 3.63) is 34.1 Å². The third-order valence-corrected chi connectivity index (χ3v) is 8.88. The Kier molecular flexibility index (Phi) is 8.54. The van der Waals surface area contributed by atoms with E-state index in [1.165, 1.54) is 25.3 Å². The van der Waals surface area contributed by atoms with Gasteiger partial charge in [-0.05, 0) is 114 Å². The Morgan fingerprint density at radius 2 is 1.79 bits per heavy atom. The number of nitrogens with zero attached hydrogens (tertiary/aromatic N) is 1. The van der Waals surface area contributed by atoms with E-state index in [1.807, 2.05) is 6.07 Å². The molecule has 1 aromatic carbocycles. The quantitative estimate of drug-likeness (QED) is 0.575. The summed E-state index contributed by atoms with van der Waals surface area (Å²) in [5.41, 5.74) is 1.08. The average molecular weight is 489 g/mol. The number of benzene rings is 1. The number of hydrogen-bond acceptors (Lipinski definition) is 3. The minimum absolute atomic E-state index is 0.133. The molecule has 1 heterocycles. The highest BCUT2D eigenvalue weighted by molar-refractivity contribution is 9.10. The zero-order valence-electron chi connectivity index (χ0n) is 17.4. The number of halogens is 2. The minimum atomic E-state index is -3.08. The van der Waals surface area contributed by atoms with Gasteiger partial charge in [0.05, 0.1) is 5.75 Å². The van der Waals surface area contributed by atoms with Crippen LogP contribution in [0, 0.1) is 17.7 Å². The predicted octanol–water partition coefficient (Wildman–Crippen LogP) is 4.73. The summed E-state index contributed by atoms with van der Waals surface area (Å²) in [5.74, 6) is 1.36. The zero-order valence-corrected chi connectivity index (χ0v) is 19.8. The molecule has 1 saturated carbocycles. The van der Waals surface area contributed by atoms with Crippen LogP contribution in [0.1, 0.15) is 57.4 Å². The lowest BCUT2D eigenvalue weighted by Crippen LogP contribution is -2.39. The van der Waals surface area contributed by atoms with Crippen molar-refractivity contribution in [3.63, 3.8) is 0 Å². The van der Waals surface area contributed by atoms with Crippen molar-refractivity contribution in [1.29, 1.82) is 0 Å². The van der Waals surface area contributed by atoms with Gasteiger partial charge in [-0.15, -0.1) is 0 Å². The van der Waals surface area contributed by atoms with E-state index in [4.69, 9.17) is 0 Å². The van der Waals surface area contributed by atoms with Crippen LogP contribution in [-0.4, -0.2) is 44.7 Å². The van der Waals surface area contributed by atoms with Crippen LogP contribution in [0.4, 0.5) is 4.39 Å². The molecule has 4 nitrogen and oxygen atoms in total. The SMILES string of the molecule is CCS(=O)(=O)NC1CCC(CCN2CCC(Cc3cc(F)ccc3Br)CC2)CC1. The van der Waals surface area contributed by atoms with Crippen molar-refractivity contribution in [1.82, 2.24) is 9.62 Å². The van der Waals surface area contributed by atoms with Crippen LogP contribution >= 0.6 is 15.9 Å². The highest BCUT2D eigenvalue weighted by Crippen LogP contribution is 2.29. The molecule has 2 fully saturated rings. The lowest BCUT2D eigenvalue weighted by atomic mass is 9.84. The van der Waals surface area contributed by atoms with Gasteiger partial charge < -0.3 is 4.90 Å². The molecule has 2 aliphatic rings. The van der Waals surface area contributed by atoms with Gasteiger partial charge in [-0.2, -0.15) is 0 Å². The molecule has 1 saturated heterocycles. The molecule has 1 aliphatic heterocycles. The maximum absolute atomic E-state index is 13.5. The van der Waals surface area contributed by atoms with Gasteiger partial charge in [0.1, 0.15) is 5.82 Å². The summed E-state index contributed by atoms with van der Waals surface area (Å²) in [6.45, 7) is 5.09. The maximum Gasteiger partial charge on any atom is 0.211 e. The van der Waals surface area contributed by atoms with Crippen molar-refractivity contribution in [2.75, 3.05) is 25.4 Å². The number of sulfonamides is 1. The Morgan fingerprint density at radius 1 is 1.10 bits per heavy atom. The minimum Gasteiger partial charge on any atom is -0.303 e. The number of rotatable bonds is 8. The first kappa shape index (κ1) is 23.2. The van der Waals surface area contributed by atoms with E-state index in [0.717, 1.165) is 67.7 Å². The second kappa shape index (κ2) is 10.7. The van der Waals surface area contributed by atoms with E-state index in [0.29, 0.717) is 5.92 Å². The number of nitrogens with one attached hydrogen (secondary N) is 1. The largest absolute Gasteiger partial charge is 0.303 e. The topological polar surface area (TPSA) is 49.4 Å². The molecule has 0 amide bonds. The lowest BCUT2D eigenvalue weighted by Gasteiger charge is -2.34. The Morgan fingerprint density at radius 3 is 2.45 bits per heavy atom. The standard InChI is InChI=1S/C22H34BrFN2O2S/c1-2-29(27,28)25-21-6-3-17(4-7-21)9-12-26-13-10-18(11-14-26)15-19-16-20(24)5-8-22(19)23/h5,8,16-18,21,25H,2-4,6-7,9-15H2,1H3. The number of likely N-dealkylation sites (tertiary alicyclic amines) is 1. The Hall–Kier alpha value is -0.500. The summed E-state index contributed by atoms with van der Waals surface area (Å²) in [5, 5.41) is 0. The summed E-state index contributed by atoms with van der Waals surface area (Å²) >= 11 is 3.55. The Bertz CT molecular complexity index is 758. The van der Waals surface area contributed by atoms with Crippen LogP contribution in [0.2, 0.25) is 0 Å². The fourth-order valence-corrected chi connectivity index (χ4v) is 6.02. The van der Waals surface area contributed by atoms with Gasteiger partial charge in [0.25, 0.3) is 0 Å². The summed E-state index contributed by atoms with van der Waals surface area (Å²) in [7, 11) is -3.08. The van der Waals surface area contributed by atoms with Gasteiger partial charge in [-0.3, -0.25) is 0 Å². The van der Waals surface area contributed by atoms with E-state index < -0.39 is 10.0 Å². The van der Waals surface area contributed by atoms with Crippen LogP contribution in [0.5, 0.6) is 0 Å². The number of piperidine rings is 1. The van der Waals surface area contributed by atoms with Crippen LogP contribution in [0.15, 0.2) is 22.7 Å². The molecule has 0 spiro atoms. The van der Waals surface area contributed by atoms with Crippen molar-refractivity contribution in [2.24, 2.45) is 11.8 Å². The summed E-state index contributed by atoms with van der Waals surface area (Å²) in [4.78, 5) is 2.57. The normalized spacial score (nSPS) is 24.7. The molecule has 3 rings (SSSR count). The van der Waals surface area contributed by atoms with Crippen LogP contribution in [0.25, 0.3) is 0 Å². The molecule has 1 aromatic rings. The van der Waals surface area contributed by atoms with Crippen molar-refractivity contribution >= 4 is 26.0 Å². The van der Waals surface area contributed by atoms with E-state index in [9.17, 15) is 12.8 Å². The first-order valence-electron chi connectivity index (χ1n) is 11.0. The molecule has 0 aromatic heterocycles. The van der Waals surface area contributed by atoms with E-state index in [-0.39, 0.29) is 17.6 Å². The summed E-state index contributed by atoms with van der Waals surface area (Å²) in [6, 6.07) is 5.10. The summed E-state index contributed by atoms with van der Waals surface area (Å²) in [6.07, 6.45) is 8.70. The predicted molar refractivity (Wildman–Crippen MR) is 120 cm³/mol. The van der Waals surface area contributed by atoms with E-state index in [2.05, 4.69) is 25.6 Å². The highest BCUT2D eigenvalue weighted by atomic mass is 79.9. The first-order valence-corrected chi connectivity index (χ1v) is 13.5. The average Bonchev–Trinajstić information content (AvgIpc) is 2.71. The molecule has 0 bridgehead atoms. The molecule has 0 radical (unpaired) electrons. The third kappa shape index (κ3) is 7.30. The van der Waals surface area contributed by atoms with E-state index in [1.54, 1.807) is 13.0 Å². The fraction of sp³-hybridized carbons (Fsp3) is 0.727. The lowest BCUT2D eigenvalue weighted by molar-refractivity contribution is 0.164. The highest BCUT2D eigenvalue weighted by Gasteiger charge is 2.25. The molecular weight excluding hydrogens is 455 g/mol. The van der Waals surface area contributed by atoms with Gasteiger partial charge in [-0.25, -0.2) is 17.5 Å². The smallest absolute Gasteiger partial charge is 0.211 e. The summed E-state index contributed by atoms with van der Waals surface area (Å²) < 4.78 is 40.8. The molecule has 29 heavy (non-hydrogen) atoms. The molecular formula is C22H34BrFN2O2S. The van der Waals surface area contributed by atoms with Gasteiger partial charge in [-0.1, -0.05) is 15.9 Å². The molecule has 1 aliphatic carbocycles. The van der Waals surface area contributed by atoms with Gasteiger partial charge in [0.2, 0.25) is 10.0 Å². The van der Waals surface area contributed by atoms with Gasteiger partial charge >= 0.3 is 0 Å². The Balaban J connectivity index is 1.34. The second-order valence-electron chi connectivity index (χ2n) is 8.75. The molecule has 0 unspecified atom stereocenters. The Labute approximate surface area is 183 Å². The third-order valence-electron chi connectivity index (χ3n) is 6.65. The van der Waals surface area contributed by atoms with Gasteiger partial charge in [0.15, 0.2) is 0 Å². The van der Waals surface area contributed by atoms with Crippen molar-refractivity contribution < 1.29 is 12.8 Å². The van der Waals surface area contributed by atoms with Crippen LogP contribution in [-0.2, 0) is 16.4 Å². The van der Waals surface area contributed by atoms with E-state index >= 15 is 0 Å². The number of hydrogen-bond donors (Lipinski definition) is 1. The monoisotopic (exact) mass is 488 g/mol. The van der Waals surface area contributed by atoms with Crippen LogP contribution in [0.3, 0.4) is 0 Å². The zero-order chi connectivity index (χ0) is 20.9. The molecule has 0 atom stereocenters. The molecule has 1 N–H and O–H groups in total. The maximum atomic E-state index is 13.5. The van der Waals surface area contributed by atoms with Crippen LogP contribution < -0.4 is 4.72 Å². The second-order valence-corrected chi connectivity index (χ2v) is 11.6. The molecule has 7 heteroatoms. The van der Waals surface area contributed by atoms with Crippen molar-refractivity contribution in [2.45, 2.75) is 64.3 Å². The fourth-order valence-electron chi connectivity index (χ4n) is 4.70. The molecule has 164 valence electrons. The van der Waals surface area contributed by atoms with Gasteiger partial charge in [0, 0.05) is 10.5 Å². The van der Waals surface area contributed by atoms with Crippen molar-refractivity contribution in [3.8, 4) is 0 Å². The first-order chi connectivity index (χ1) is 13.8.